The van der Waals surface area contributed by atoms with E-state index in [2.05, 4.69) is 22.4 Å². The molecule has 5 nitrogen and oxygen atoms in total. The van der Waals surface area contributed by atoms with E-state index in [1.165, 1.54) is 5.56 Å². The molecular weight excluding hydrogens is 278 g/mol. The highest BCUT2D eigenvalue weighted by Crippen LogP contribution is 2.28. The van der Waals surface area contributed by atoms with Crippen molar-refractivity contribution in [3.05, 3.63) is 54.2 Å². The fraction of sp³-hybridized carbons (Fsp3) is 0.294. The molecule has 1 aliphatic heterocycles. The number of ether oxygens (including phenoxy) is 1. The molecule has 1 aliphatic rings. The number of amides is 2. The van der Waals surface area contributed by atoms with Gasteiger partial charge in [0.2, 0.25) is 0 Å². The van der Waals surface area contributed by atoms with Crippen molar-refractivity contribution in [1.82, 2.24) is 9.88 Å². The number of carbonyl (C=O) groups excluding carboxylic acids is 1. The number of urea groups is 1. The Morgan fingerprint density at radius 1 is 1.27 bits per heavy atom. The number of nitrogens with zero attached hydrogens (tertiary/aromatic N) is 2. The minimum absolute atomic E-state index is 0.0882. The molecule has 2 heterocycles. The number of nitrogens with one attached hydrogen (secondary N) is 1. The van der Waals surface area contributed by atoms with Crippen molar-refractivity contribution in [3.63, 3.8) is 0 Å². The van der Waals surface area contributed by atoms with Crippen molar-refractivity contribution < 1.29 is 9.53 Å². The predicted molar refractivity (Wildman–Crippen MR) is 85.2 cm³/mol. The molecule has 1 N–H and O–H groups in total. The number of likely N-dealkylation sites (tertiary alicyclic amines) is 1. The Hall–Kier alpha value is -2.56. The molecule has 1 aromatic carbocycles. The zero-order valence-electron chi connectivity index (χ0n) is 12.5. The molecule has 22 heavy (non-hydrogen) atoms. The van der Waals surface area contributed by atoms with Crippen LogP contribution in [0.4, 0.5) is 10.6 Å². The number of hydrogen-bond acceptors (Lipinski definition) is 3. The Morgan fingerprint density at radius 2 is 2.09 bits per heavy atom. The monoisotopic (exact) mass is 297 g/mol. The van der Waals surface area contributed by atoms with Crippen LogP contribution >= 0.6 is 0 Å². The molecule has 1 saturated heterocycles. The number of benzene rings is 1. The Balaban J connectivity index is 1.60. The van der Waals surface area contributed by atoms with E-state index in [4.69, 9.17) is 4.74 Å². The van der Waals surface area contributed by atoms with E-state index in [9.17, 15) is 4.79 Å². The van der Waals surface area contributed by atoms with Gasteiger partial charge in [0.05, 0.1) is 7.11 Å². The summed E-state index contributed by atoms with van der Waals surface area (Å²) in [5.74, 6) is 1.81. The number of anilines is 1. The van der Waals surface area contributed by atoms with Crippen LogP contribution in [0.15, 0.2) is 48.7 Å². The van der Waals surface area contributed by atoms with E-state index in [0.717, 1.165) is 25.3 Å². The van der Waals surface area contributed by atoms with E-state index >= 15 is 0 Å². The fourth-order valence-electron chi connectivity index (χ4n) is 2.72. The zero-order valence-corrected chi connectivity index (χ0v) is 12.5. The van der Waals surface area contributed by atoms with Crippen molar-refractivity contribution in [2.75, 3.05) is 25.5 Å². The summed E-state index contributed by atoms with van der Waals surface area (Å²) < 4.78 is 5.18. The molecule has 3 rings (SSSR count). The summed E-state index contributed by atoms with van der Waals surface area (Å²) in [4.78, 5) is 18.2. The van der Waals surface area contributed by atoms with Gasteiger partial charge in [-0.25, -0.2) is 9.78 Å². The van der Waals surface area contributed by atoms with Gasteiger partial charge in [-0.3, -0.25) is 5.32 Å². The van der Waals surface area contributed by atoms with Crippen LogP contribution < -0.4 is 10.1 Å². The van der Waals surface area contributed by atoms with Gasteiger partial charge in [0.15, 0.2) is 0 Å². The molecule has 1 fully saturated rings. The number of aromatic nitrogens is 1. The molecule has 5 heteroatoms. The van der Waals surface area contributed by atoms with Gasteiger partial charge in [-0.2, -0.15) is 0 Å². The van der Waals surface area contributed by atoms with Crippen LogP contribution in [0, 0.1) is 0 Å². The molecule has 1 atom stereocenters. The standard InChI is InChI=1S/C17H19N3O2/c1-22-15-7-5-13(6-8-15)14-9-11-20(12-14)17(21)19-16-4-2-3-10-18-16/h2-8,10,14H,9,11-12H2,1H3,(H,18,19,21)/t14-/m0/s1. The lowest BCUT2D eigenvalue weighted by Gasteiger charge is -2.17. The normalized spacial score (nSPS) is 17.3. The largest absolute Gasteiger partial charge is 0.497 e. The van der Waals surface area contributed by atoms with Crippen LogP contribution in [0.3, 0.4) is 0 Å². The average molecular weight is 297 g/mol. The second kappa shape index (κ2) is 6.47. The summed E-state index contributed by atoms with van der Waals surface area (Å²) >= 11 is 0. The molecule has 0 spiro atoms. The van der Waals surface area contributed by atoms with Crippen LogP contribution in [-0.4, -0.2) is 36.1 Å². The van der Waals surface area contributed by atoms with E-state index < -0.39 is 0 Å². The lowest BCUT2D eigenvalue weighted by Crippen LogP contribution is -2.33. The number of pyridine rings is 1. The average Bonchev–Trinajstić information content (AvgIpc) is 3.06. The maximum atomic E-state index is 12.2. The first kappa shape index (κ1) is 14.4. The van der Waals surface area contributed by atoms with Gasteiger partial charge in [0.25, 0.3) is 0 Å². The van der Waals surface area contributed by atoms with Crippen LogP contribution in [-0.2, 0) is 0 Å². The van der Waals surface area contributed by atoms with Crippen LogP contribution in [0.25, 0.3) is 0 Å². The van der Waals surface area contributed by atoms with Gasteiger partial charge >= 0.3 is 6.03 Å². The highest BCUT2D eigenvalue weighted by molar-refractivity contribution is 5.88. The third-order valence-corrected chi connectivity index (χ3v) is 3.96. The van der Waals surface area contributed by atoms with E-state index in [-0.39, 0.29) is 6.03 Å². The van der Waals surface area contributed by atoms with Crippen LogP contribution in [0.1, 0.15) is 17.9 Å². The summed E-state index contributed by atoms with van der Waals surface area (Å²) in [6.45, 7) is 1.49. The first-order chi connectivity index (χ1) is 10.8. The maximum Gasteiger partial charge on any atom is 0.323 e. The second-order valence-electron chi connectivity index (χ2n) is 5.35. The summed E-state index contributed by atoms with van der Waals surface area (Å²) in [5.41, 5.74) is 1.24. The van der Waals surface area contributed by atoms with Gasteiger partial charge in [0.1, 0.15) is 11.6 Å². The predicted octanol–water partition coefficient (Wildman–Crippen LogP) is 3.11. The molecule has 0 unspecified atom stereocenters. The zero-order chi connectivity index (χ0) is 15.4. The first-order valence-electron chi connectivity index (χ1n) is 7.37. The van der Waals surface area contributed by atoms with Gasteiger partial charge in [0, 0.05) is 25.2 Å². The Bertz CT molecular complexity index is 628. The molecule has 2 amide bonds. The van der Waals surface area contributed by atoms with Crippen molar-refractivity contribution in [1.29, 1.82) is 0 Å². The highest BCUT2D eigenvalue weighted by atomic mass is 16.5. The Morgan fingerprint density at radius 3 is 2.77 bits per heavy atom. The van der Waals surface area contributed by atoms with Gasteiger partial charge in [-0.15, -0.1) is 0 Å². The molecule has 0 saturated carbocycles. The maximum absolute atomic E-state index is 12.2. The van der Waals surface area contributed by atoms with E-state index in [0.29, 0.717) is 11.7 Å². The topological polar surface area (TPSA) is 54.5 Å². The van der Waals surface area contributed by atoms with Gasteiger partial charge < -0.3 is 9.64 Å². The molecule has 0 bridgehead atoms. The minimum Gasteiger partial charge on any atom is -0.497 e. The molecule has 0 radical (unpaired) electrons. The quantitative estimate of drug-likeness (QED) is 0.947. The third-order valence-electron chi connectivity index (χ3n) is 3.96. The van der Waals surface area contributed by atoms with E-state index in [1.807, 2.05) is 29.2 Å². The Kier molecular flexibility index (Phi) is 4.23. The lowest BCUT2D eigenvalue weighted by atomic mass is 9.98. The second-order valence-corrected chi connectivity index (χ2v) is 5.35. The molecule has 0 aliphatic carbocycles. The van der Waals surface area contributed by atoms with Crippen LogP contribution in [0.2, 0.25) is 0 Å². The van der Waals surface area contributed by atoms with Gasteiger partial charge in [-0.05, 0) is 36.2 Å². The number of carbonyl (C=O) groups is 1. The summed E-state index contributed by atoms with van der Waals surface area (Å²) in [6, 6.07) is 13.5. The minimum atomic E-state index is -0.0882. The summed E-state index contributed by atoms with van der Waals surface area (Å²) in [5, 5.41) is 2.83. The SMILES string of the molecule is COc1ccc([C@H]2CCN(C(=O)Nc3ccccn3)C2)cc1. The molecular formula is C17H19N3O2. The van der Waals surface area contributed by atoms with Crippen molar-refractivity contribution in [2.45, 2.75) is 12.3 Å². The highest BCUT2D eigenvalue weighted by Gasteiger charge is 2.27. The third kappa shape index (κ3) is 3.19. The molecule has 2 aromatic rings. The molecule has 114 valence electrons. The summed E-state index contributed by atoms with van der Waals surface area (Å²) in [6.07, 6.45) is 2.64. The summed E-state index contributed by atoms with van der Waals surface area (Å²) in [7, 11) is 1.66. The van der Waals surface area contributed by atoms with Gasteiger partial charge in [-0.1, -0.05) is 18.2 Å². The Labute approximate surface area is 129 Å². The van der Waals surface area contributed by atoms with Crippen LogP contribution in [0.5, 0.6) is 5.75 Å². The van der Waals surface area contributed by atoms with Crippen molar-refractivity contribution >= 4 is 11.8 Å². The fourth-order valence-corrected chi connectivity index (χ4v) is 2.72. The number of rotatable bonds is 3. The smallest absolute Gasteiger partial charge is 0.323 e. The number of hydrogen-bond donors (Lipinski definition) is 1. The first-order valence-corrected chi connectivity index (χ1v) is 7.37. The van der Waals surface area contributed by atoms with E-state index in [1.54, 1.807) is 19.4 Å². The lowest BCUT2D eigenvalue weighted by molar-refractivity contribution is 0.222. The van der Waals surface area contributed by atoms with Crippen molar-refractivity contribution in [3.8, 4) is 5.75 Å². The van der Waals surface area contributed by atoms with Crippen molar-refractivity contribution in [2.24, 2.45) is 0 Å². The number of methoxy groups -OCH3 is 1. The molecule has 1 aromatic heterocycles.